The molecule has 0 spiro atoms. The van der Waals surface area contributed by atoms with E-state index in [2.05, 4.69) is 0 Å². The summed E-state index contributed by atoms with van der Waals surface area (Å²) in [5, 5.41) is 0. The molecule has 1 unspecified atom stereocenters. The maximum atomic E-state index is 14.0. The highest BCUT2D eigenvalue weighted by atomic mass is 19.1. The number of ether oxygens (including phenoxy) is 1. The molecule has 2 aromatic carbocycles. The molecule has 0 saturated heterocycles. The quantitative estimate of drug-likeness (QED) is 0.897. The predicted molar refractivity (Wildman–Crippen MR) is 72.8 cm³/mol. The van der Waals surface area contributed by atoms with Crippen molar-refractivity contribution in [3.63, 3.8) is 0 Å². The van der Waals surface area contributed by atoms with Crippen molar-refractivity contribution in [2.75, 3.05) is 6.61 Å². The Balaban J connectivity index is 2.05. The lowest BCUT2D eigenvalue weighted by Gasteiger charge is -2.17. The second kappa shape index (κ2) is 4.67. The highest BCUT2D eigenvalue weighted by Gasteiger charge is 2.22. The van der Waals surface area contributed by atoms with E-state index < -0.39 is 6.04 Å². The molecule has 3 rings (SSSR count). The number of fused-ring (bicyclic) bond motifs is 1. The number of halogens is 1. The van der Waals surface area contributed by atoms with Gasteiger partial charge in [0.05, 0.1) is 12.6 Å². The number of aryl methyl sites for hydroxylation is 1. The minimum absolute atomic E-state index is 0.261. The molecule has 0 saturated carbocycles. The average molecular weight is 257 g/mol. The van der Waals surface area contributed by atoms with Crippen LogP contribution in [0.4, 0.5) is 4.39 Å². The van der Waals surface area contributed by atoms with Crippen LogP contribution in [0.5, 0.6) is 5.75 Å². The first-order valence-electron chi connectivity index (χ1n) is 6.43. The Morgan fingerprint density at radius 1 is 1.21 bits per heavy atom. The number of benzene rings is 2. The Morgan fingerprint density at radius 2 is 2.05 bits per heavy atom. The van der Waals surface area contributed by atoms with Crippen molar-refractivity contribution >= 4 is 0 Å². The largest absolute Gasteiger partial charge is 0.493 e. The van der Waals surface area contributed by atoms with Crippen molar-refractivity contribution in [2.24, 2.45) is 5.73 Å². The highest BCUT2D eigenvalue weighted by Crippen LogP contribution is 2.35. The molecule has 2 nitrogen and oxygen atoms in total. The SMILES string of the molecule is Cc1ccc(C(N)c2cccc3c2OCC3)c(F)c1. The van der Waals surface area contributed by atoms with Gasteiger partial charge in [-0.1, -0.05) is 30.3 Å². The van der Waals surface area contributed by atoms with E-state index >= 15 is 0 Å². The van der Waals surface area contributed by atoms with Crippen LogP contribution < -0.4 is 10.5 Å². The molecule has 0 aliphatic carbocycles. The van der Waals surface area contributed by atoms with Crippen LogP contribution in [0, 0.1) is 12.7 Å². The summed E-state index contributed by atoms with van der Waals surface area (Å²) in [7, 11) is 0. The number of nitrogens with two attached hydrogens (primary N) is 1. The number of rotatable bonds is 2. The molecule has 1 aliphatic heterocycles. The molecule has 0 radical (unpaired) electrons. The standard InChI is InChI=1S/C16H16FNO/c1-10-5-6-12(14(17)9-10)15(18)13-4-2-3-11-7-8-19-16(11)13/h2-6,9,15H,7-8,18H2,1H3. The summed E-state index contributed by atoms with van der Waals surface area (Å²) < 4.78 is 19.7. The second-order valence-corrected chi connectivity index (χ2v) is 4.94. The van der Waals surface area contributed by atoms with Crippen molar-refractivity contribution in [2.45, 2.75) is 19.4 Å². The first-order chi connectivity index (χ1) is 9.16. The Morgan fingerprint density at radius 3 is 2.84 bits per heavy atom. The van der Waals surface area contributed by atoms with E-state index in [1.165, 1.54) is 6.07 Å². The number of para-hydroxylation sites is 1. The monoisotopic (exact) mass is 257 g/mol. The van der Waals surface area contributed by atoms with E-state index in [4.69, 9.17) is 10.5 Å². The third-order valence-corrected chi connectivity index (χ3v) is 3.57. The van der Waals surface area contributed by atoms with Gasteiger partial charge in [-0.05, 0) is 24.1 Å². The summed E-state index contributed by atoms with van der Waals surface area (Å²) in [5.41, 5.74) is 9.63. The van der Waals surface area contributed by atoms with Crippen molar-refractivity contribution < 1.29 is 9.13 Å². The van der Waals surface area contributed by atoms with Crippen molar-refractivity contribution in [1.82, 2.24) is 0 Å². The summed E-state index contributed by atoms with van der Waals surface area (Å²) in [6.45, 7) is 2.54. The van der Waals surface area contributed by atoms with E-state index in [0.29, 0.717) is 12.2 Å². The molecule has 0 aromatic heterocycles. The molecule has 1 aliphatic rings. The zero-order valence-electron chi connectivity index (χ0n) is 10.8. The van der Waals surface area contributed by atoms with Crippen LogP contribution in [-0.2, 0) is 6.42 Å². The van der Waals surface area contributed by atoms with Gasteiger partial charge in [0.25, 0.3) is 0 Å². The summed E-state index contributed by atoms with van der Waals surface area (Å²) in [6.07, 6.45) is 0.895. The zero-order valence-corrected chi connectivity index (χ0v) is 10.8. The van der Waals surface area contributed by atoms with Gasteiger partial charge in [-0.2, -0.15) is 0 Å². The van der Waals surface area contributed by atoms with E-state index in [0.717, 1.165) is 28.9 Å². The fourth-order valence-corrected chi connectivity index (χ4v) is 2.54. The van der Waals surface area contributed by atoms with Gasteiger partial charge in [0.2, 0.25) is 0 Å². The van der Waals surface area contributed by atoms with Gasteiger partial charge in [-0.15, -0.1) is 0 Å². The Kier molecular flexibility index (Phi) is 2.99. The maximum Gasteiger partial charge on any atom is 0.128 e. The Labute approximate surface area is 112 Å². The van der Waals surface area contributed by atoms with Crippen LogP contribution in [0.25, 0.3) is 0 Å². The van der Waals surface area contributed by atoms with Crippen molar-refractivity contribution in [1.29, 1.82) is 0 Å². The Bertz CT molecular complexity index is 624. The van der Waals surface area contributed by atoms with Gasteiger partial charge >= 0.3 is 0 Å². The maximum absolute atomic E-state index is 14.0. The van der Waals surface area contributed by atoms with Gasteiger partial charge in [0, 0.05) is 17.5 Å². The lowest BCUT2D eigenvalue weighted by atomic mass is 9.95. The molecule has 0 amide bonds. The summed E-state index contributed by atoms with van der Waals surface area (Å²) in [6, 6.07) is 10.5. The van der Waals surface area contributed by atoms with Crippen LogP contribution >= 0.6 is 0 Å². The van der Waals surface area contributed by atoms with Gasteiger partial charge in [0.15, 0.2) is 0 Å². The molecule has 19 heavy (non-hydrogen) atoms. The number of hydrogen-bond donors (Lipinski definition) is 1. The Hall–Kier alpha value is -1.87. The topological polar surface area (TPSA) is 35.2 Å². The van der Waals surface area contributed by atoms with Crippen LogP contribution in [0.1, 0.15) is 28.3 Å². The zero-order chi connectivity index (χ0) is 13.4. The molecular formula is C16H16FNO. The first-order valence-corrected chi connectivity index (χ1v) is 6.43. The lowest BCUT2D eigenvalue weighted by molar-refractivity contribution is 0.352. The molecule has 3 heteroatoms. The third kappa shape index (κ3) is 2.10. The smallest absolute Gasteiger partial charge is 0.128 e. The summed E-state index contributed by atoms with van der Waals surface area (Å²) >= 11 is 0. The normalized spacial score (nSPS) is 14.9. The van der Waals surface area contributed by atoms with Crippen LogP contribution in [-0.4, -0.2) is 6.61 Å². The fourth-order valence-electron chi connectivity index (χ4n) is 2.54. The second-order valence-electron chi connectivity index (χ2n) is 4.94. The average Bonchev–Trinajstić information content (AvgIpc) is 2.86. The minimum Gasteiger partial charge on any atom is -0.493 e. The summed E-state index contributed by atoms with van der Waals surface area (Å²) in [5.74, 6) is 0.568. The first kappa shape index (κ1) is 12.2. The molecule has 0 fully saturated rings. The van der Waals surface area contributed by atoms with E-state index in [1.54, 1.807) is 6.07 Å². The van der Waals surface area contributed by atoms with E-state index in [9.17, 15) is 4.39 Å². The van der Waals surface area contributed by atoms with Gasteiger partial charge < -0.3 is 10.5 Å². The number of hydrogen-bond acceptors (Lipinski definition) is 2. The molecule has 98 valence electrons. The van der Waals surface area contributed by atoms with Crippen molar-refractivity contribution in [3.05, 3.63) is 64.5 Å². The third-order valence-electron chi connectivity index (χ3n) is 3.57. The van der Waals surface area contributed by atoms with Crippen molar-refractivity contribution in [3.8, 4) is 5.75 Å². The molecule has 2 N–H and O–H groups in total. The minimum atomic E-state index is -0.492. The molecule has 2 aromatic rings. The van der Waals surface area contributed by atoms with E-state index in [1.807, 2.05) is 31.2 Å². The molecule has 1 heterocycles. The van der Waals surface area contributed by atoms with Crippen LogP contribution in [0.15, 0.2) is 36.4 Å². The van der Waals surface area contributed by atoms with Gasteiger partial charge in [-0.3, -0.25) is 0 Å². The summed E-state index contributed by atoms with van der Waals surface area (Å²) in [4.78, 5) is 0. The lowest BCUT2D eigenvalue weighted by Crippen LogP contribution is -2.14. The predicted octanol–water partition coefficient (Wildman–Crippen LogP) is 3.12. The van der Waals surface area contributed by atoms with Crippen LogP contribution in [0.3, 0.4) is 0 Å². The molecule has 1 atom stereocenters. The van der Waals surface area contributed by atoms with E-state index in [-0.39, 0.29) is 5.82 Å². The highest BCUT2D eigenvalue weighted by molar-refractivity contribution is 5.48. The molecule has 0 bridgehead atoms. The van der Waals surface area contributed by atoms with Crippen LogP contribution in [0.2, 0.25) is 0 Å². The van der Waals surface area contributed by atoms with Gasteiger partial charge in [0.1, 0.15) is 11.6 Å². The van der Waals surface area contributed by atoms with Gasteiger partial charge in [-0.25, -0.2) is 4.39 Å². The fraction of sp³-hybridized carbons (Fsp3) is 0.250. The molecular weight excluding hydrogens is 241 g/mol.